The Hall–Kier alpha value is -3.74. The average Bonchev–Trinajstić information content (AvgIpc) is 3.05. The number of hydrogen-bond acceptors (Lipinski definition) is 0. The molecule has 4 rings (SSSR count). The van der Waals surface area contributed by atoms with Gasteiger partial charge in [-0.15, -0.1) is 0 Å². The van der Waals surface area contributed by atoms with Crippen LogP contribution in [0.15, 0.2) is 119 Å². The fourth-order valence-corrected chi connectivity index (χ4v) is 3.01. The molecule has 0 saturated carbocycles. The van der Waals surface area contributed by atoms with E-state index in [0.29, 0.717) is 0 Å². The van der Waals surface area contributed by atoms with E-state index in [1.165, 1.54) is 11.1 Å². The number of benzene rings is 2. The summed E-state index contributed by atoms with van der Waals surface area (Å²) in [6.45, 7) is 0. The maximum absolute atomic E-state index is 3.36. The Balaban J connectivity index is 1.76. The molecule has 0 heteroatoms. The first-order valence-electron chi connectivity index (χ1n) is 9.02. The largest absolute Gasteiger partial charge is 0.0622 e. The quantitative estimate of drug-likeness (QED) is 0.533. The molecule has 126 valence electrons. The number of fused-ring (bicyclic) bond motifs is 2. The molecule has 0 atom stereocenters. The van der Waals surface area contributed by atoms with Crippen molar-refractivity contribution in [1.29, 1.82) is 0 Å². The SMILES string of the molecule is C(#Cc1ccccc1)C1=CC=CC2=CC=CC(C#Cc3ccccc3)=C1C2. The molecule has 0 amide bonds. The van der Waals surface area contributed by atoms with Crippen molar-refractivity contribution in [1.82, 2.24) is 0 Å². The highest BCUT2D eigenvalue weighted by atomic mass is 14.2. The molecule has 2 bridgehead atoms. The Morgan fingerprint density at radius 3 is 1.93 bits per heavy atom. The van der Waals surface area contributed by atoms with Crippen molar-refractivity contribution in [2.75, 3.05) is 0 Å². The van der Waals surface area contributed by atoms with Crippen LogP contribution in [0.3, 0.4) is 0 Å². The minimum absolute atomic E-state index is 0.845. The van der Waals surface area contributed by atoms with Gasteiger partial charge < -0.3 is 0 Å². The first-order chi connectivity index (χ1) is 13.4. The van der Waals surface area contributed by atoms with Crippen LogP contribution in [0.4, 0.5) is 0 Å². The van der Waals surface area contributed by atoms with Crippen molar-refractivity contribution in [3.63, 3.8) is 0 Å². The van der Waals surface area contributed by atoms with Gasteiger partial charge in [-0.2, -0.15) is 0 Å². The minimum atomic E-state index is 0.845. The molecule has 2 aromatic rings. The monoisotopic (exact) mass is 342 g/mol. The van der Waals surface area contributed by atoms with Crippen LogP contribution in [0.2, 0.25) is 0 Å². The summed E-state index contributed by atoms with van der Waals surface area (Å²) in [5, 5.41) is 0. The first-order valence-corrected chi connectivity index (χ1v) is 9.02. The fraction of sp³-hybridized carbons (Fsp3) is 0.0370. The summed E-state index contributed by atoms with van der Waals surface area (Å²) in [7, 11) is 0. The molecule has 0 heterocycles. The van der Waals surface area contributed by atoms with Crippen LogP contribution in [0, 0.1) is 23.7 Å². The number of hydrogen-bond donors (Lipinski definition) is 0. The lowest BCUT2D eigenvalue weighted by molar-refractivity contribution is 1.19. The second kappa shape index (κ2) is 8.09. The van der Waals surface area contributed by atoms with Crippen LogP contribution >= 0.6 is 0 Å². The third-order valence-corrected chi connectivity index (χ3v) is 4.41. The molecular weight excluding hydrogens is 324 g/mol. The van der Waals surface area contributed by atoms with E-state index in [0.717, 1.165) is 28.7 Å². The van der Waals surface area contributed by atoms with Gasteiger partial charge in [-0.3, -0.25) is 0 Å². The standard InChI is InChI=1S/C27H18/c1-3-9-22(10-4-1)17-19-25-15-7-13-24-14-8-16-26(27(25)21-24)20-18-23-11-5-2-6-12-23/h1-16H,21H2. The zero-order valence-electron chi connectivity index (χ0n) is 14.9. The summed E-state index contributed by atoms with van der Waals surface area (Å²) in [5.74, 6) is 13.3. The third-order valence-electron chi connectivity index (χ3n) is 4.41. The summed E-state index contributed by atoms with van der Waals surface area (Å²) < 4.78 is 0. The zero-order chi connectivity index (χ0) is 18.3. The molecule has 2 aliphatic carbocycles. The van der Waals surface area contributed by atoms with E-state index in [1.54, 1.807) is 0 Å². The maximum atomic E-state index is 3.36. The Kier molecular flexibility index (Phi) is 5.01. The van der Waals surface area contributed by atoms with E-state index >= 15 is 0 Å². The highest BCUT2D eigenvalue weighted by Crippen LogP contribution is 2.29. The van der Waals surface area contributed by atoms with Crippen LogP contribution in [0.5, 0.6) is 0 Å². The van der Waals surface area contributed by atoms with Crippen LogP contribution in [0.1, 0.15) is 17.5 Å². The molecule has 2 aromatic carbocycles. The van der Waals surface area contributed by atoms with Gasteiger partial charge in [0.25, 0.3) is 0 Å². The van der Waals surface area contributed by atoms with Gasteiger partial charge in [0.15, 0.2) is 0 Å². The van der Waals surface area contributed by atoms with Gasteiger partial charge >= 0.3 is 0 Å². The van der Waals surface area contributed by atoms with Crippen LogP contribution in [-0.4, -0.2) is 0 Å². The lowest BCUT2D eigenvalue weighted by atomic mass is 9.95. The van der Waals surface area contributed by atoms with E-state index < -0.39 is 0 Å². The normalized spacial score (nSPS) is 14.7. The summed E-state index contributed by atoms with van der Waals surface area (Å²) in [6.07, 6.45) is 13.5. The summed E-state index contributed by atoms with van der Waals surface area (Å²) in [4.78, 5) is 0. The van der Waals surface area contributed by atoms with Crippen LogP contribution < -0.4 is 0 Å². The van der Waals surface area contributed by atoms with E-state index in [-0.39, 0.29) is 0 Å². The van der Waals surface area contributed by atoms with Gasteiger partial charge in [-0.25, -0.2) is 0 Å². The fourth-order valence-electron chi connectivity index (χ4n) is 3.01. The lowest BCUT2D eigenvalue weighted by Crippen LogP contribution is -1.92. The van der Waals surface area contributed by atoms with E-state index in [9.17, 15) is 0 Å². The predicted molar refractivity (Wildman–Crippen MR) is 113 cm³/mol. The smallest absolute Gasteiger partial charge is 0.0296 e. The van der Waals surface area contributed by atoms with Gasteiger partial charge in [-0.05, 0) is 54.0 Å². The minimum Gasteiger partial charge on any atom is -0.0622 e. The molecule has 0 aromatic heterocycles. The summed E-state index contributed by atoms with van der Waals surface area (Å²) in [5.41, 5.74) is 6.55. The van der Waals surface area contributed by atoms with Crippen molar-refractivity contribution >= 4 is 0 Å². The summed E-state index contributed by atoms with van der Waals surface area (Å²) >= 11 is 0. The molecule has 0 nitrogen and oxygen atoms in total. The van der Waals surface area contributed by atoms with E-state index in [1.807, 2.05) is 60.7 Å². The van der Waals surface area contributed by atoms with Crippen molar-refractivity contribution < 1.29 is 0 Å². The molecule has 0 spiro atoms. The van der Waals surface area contributed by atoms with Crippen LogP contribution in [-0.2, 0) is 0 Å². The molecule has 0 radical (unpaired) electrons. The van der Waals surface area contributed by atoms with Gasteiger partial charge in [0.2, 0.25) is 0 Å². The van der Waals surface area contributed by atoms with Crippen molar-refractivity contribution in [3.8, 4) is 23.7 Å². The number of rotatable bonds is 0. The number of allylic oxidation sites excluding steroid dienone is 10. The van der Waals surface area contributed by atoms with Crippen molar-refractivity contribution in [2.45, 2.75) is 6.42 Å². The van der Waals surface area contributed by atoms with Gasteiger partial charge in [0, 0.05) is 22.3 Å². The van der Waals surface area contributed by atoms with Crippen LogP contribution in [0.25, 0.3) is 0 Å². The Morgan fingerprint density at radius 2 is 1.22 bits per heavy atom. The van der Waals surface area contributed by atoms with Gasteiger partial charge in [0.1, 0.15) is 0 Å². The molecule has 2 aliphatic rings. The van der Waals surface area contributed by atoms with E-state index in [4.69, 9.17) is 0 Å². The second-order valence-corrected chi connectivity index (χ2v) is 6.34. The van der Waals surface area contributed by atoms with Gasteiger partial charge in [0.05, 0.1) is 0 Å². The van der Waals surface area contributed by atoms with E-state index in [2.05, 4.69) is 60.1 Å². The Labute approximate surface area is 161 Å². The van der Waals surface area contributed by atoms with Gasteiger partial charge in [-0.1, -0.05) is 84.4 Å². The summed E-state index contributed by atoms with van der Waals surface area (Å²) in [6, 6.07) is 20.2. The molecule has 0 aliphatic heterocycles. The highest BCUT2D eigenvalue weighted by molar-refractivity contribution is 5.63. The van der Waals surface area contributed by atoms with Crippen molar-refractivity contribution in [2.24, 2.45) is 0 Å². The highest BCUT2D eigenvalue weighted by Gasteiger charge is 2.13. The molecular formula is C27H18. The first kappa shape index (κ1) is 16.7. The molecule has 0 saturated heterocycles. The molecule has 0 unspecified atom stereocenters. The Morgan fingerprint density at radius 1 is 0.593 bits per heavy atom. The zero-order valence-corrected chi connectivity index (χ0v) is 14.9. The van der Waals surface area contributed by atoms with Crippen molar-refractivity contribution in [3.05, 3.63) is 131 Å². The molecule has 0 fully saturated rings. The predicted octanol–water partition coefficient (Wildman–Crippen LogP) is 5.77. The average molecular weight is 342 g/mol. The second-order valence-electron chi connectivity index (χ2n) is 6.34. The maximum Gasteiger partial charge on any atom is 0.0296 e. The molecule has 0 N–H and O–H groups in total. The molecule has 27 heavy (non-hydrogen) atoms. The topological polar surface area (TPSA) is 0 Å². The third kappa shape index (κ3) is 4.27. The Bertz CT molecular complexity index is 1110. The lowest BCUT2D eigenvalue weighted by Gasteiger charge is -2.07.